The lowest BCUT2D eigenvalue weighted by Gasteiger charge is -2.42. The van der Waals surface area contributed by atoms with Crippen LogP contribution in [0.2, 0.25) is 0 Å². The molecule has 0 aromatic heterocycles. The van der Waals surface area contributed by atoms with Crippen LogP contribution in [0.1, 0.15) is 65.7 Å². The van der Waals surface area contributed by atoms with Crippen LogP contribution in [0.3, 0.4) is 0 Å². The highest BCUT2D eigenvalue weighted by atomic mass is 16.6. The second kappa shape index (κ2) is 7.61. The Balaban J connectivity index is 1.65. The number of rotatable bonds is 3. The molecule has 0 aromatic rings. The molecule has 1 saturated carbocycles. The van der Waals surface area contributed by atoms with Gasteiger partial charge in [-0.1, -0.05) is 6.42 Å². The van der Waals surface area contributed by atoms with Crippen molar-refractivity contribution in [3.63, 3.8) is 0 Å². The van der Waals surface area contributed by atoms with Crippen LogP contribution in [-0.2, 0) is 9.47 Å². The minimum atomic E-state index is -0.423. The zero-order chi connectivity index (χ0) is 17.2. The summed E-state index contributed by atoms with van der Waals surface area (Å²) in [6.07, 6.45) is 8.12. The number of piperidine rings is 1. The minimum Gasteiger partial charge on any atom is -0.444 e. The van der Waals surface area contributed by atoms with E-state index in [0.717, 1.165) is 39.0 Å². The number of carbonyl (C=O) groups excluding carboxylic acids is 1. The third kappa shape index (κ3) is 4.42. The lowest BCUT2D eigenvalue weighted by Crippen LogP contribution is -2.53. The predicted molar refractivity (Wildman–Crippen MR) is 94.1 cm³/mol. The van der Waals surface area contributed by atoms with E-state index in [1.807, 2.05) is 25.7 Å². The molecular formula is C19H34N2O3. The molecule has 0 radical (unpaired) electrons. The van der Waals surface area contributed by atoms with Crippen LogP contribution in [0.15, 0.2) is 0 Å². The van der Waals surface area contributed by atoms with Gasteiger partial charge in [0.1, 0.15) is 5.60 Å². The van der Waals surface area contributed by atoms with E-state index < -0.39 is 5.60 Å². The fourth-order valence-corrected chi connectivity index (χ4v) is 4.57. The molecule has 2 aliphatic heterocycles. The molecular weight excluding hydrogens is 304 g/mol. The van der Waals surface area contributed by atoms with Gasteiger partial charge in [-0.25, -0.2) is 4.79 Å². The summed E-state index contributed by atoms with van der Waals surface area (Å²) in [4.78, 5) is 14.7. The number of nitrogens with one attached hydrogen (secondary N) is 1. The van der Waals surface area contributed by atoms with E-state index in [-0.39, 0.29) is 6.09 Å². The van der Waals surface area contributed by atoms with Crippen molar-refractivity contribution < 1.29 is 14.3 Å². The molecule has 0 aromatic carbocycles. The van der Waals surface area contributed by atoms with E-state index in [1.54, 1.807) is 0 Å². The molecule has 2 saturated heterocycles. The largest absolute Gasteiger partial charge is 0.444 e. The van der Waals surface area contributed by atoms with Crippen LogP contribution in [0.4, 0.5) is 4.79 Å². The first-order valence-electron chi connectivity index (χ1n) is 9.77. The van der Waals surface area contributed by atoms with Crippen molar-refractivity contribution in [3.05, 3.63) is 0 Å². The molecule has 4 atom stereocenters. The second-order valence-electron chi connectivity index (χ2n) is 8.67. The van der Waals surface area contributed by atoms with Gasteiger partial charge >= 0.3 is 6.09 Å². The Kier molecular flexibility index (Phi) is 5.70. The van der Waals surface area contributed by atoms with Crippen LogP contribution >= 0.6 is 0 Å². The van der Waals surface area contributed by atoms with Gasteiger partial charge in [0, 0.05) is 31.3 Å². The summed E-state index contributed by atoms with van der Waals surface area (Å²) in [6.45, 7) is 8.40. The van der Waals surface area contributed by atoms with Gasteiger partial charge in [-0.2, -0.15) is 0 Å². The lowest BCUT2D eigenvalue weighted by atomic mass is 9.86. The van der Waals surface area contributed by atoms with Gasteiger partial charge < -0.3 is 19.7 Å². The highest BCUT2D eigenvalue weighted by molar-refractivity contribution is 5.68. The third-order valence-electron chi connectivity index (χ3n) is 5.62. The van der Waals surface area contributed by atoms with E-state index in [2.05, 4.69) is 5.32 Å². The van der Waals surface area contributed by atoms with Gasteiger partial charge in [-0.15, -0.1) is 0 Å². The van der Waals surface area contributed by atoms with Crippen molar-refractivity contribution in [2.75, 3.05) is 19.8 Å². The highest BCUT2D eigenvalue weighted by Gasteiger charge is 2.41. The maximum atomic E-state index is 12.7. The summed E-state index contributed by atoms with van der Waals surface area (Å²) in [5.41, 5.74) is -0.423. The van der Waals surface area contributed by atoms with E-state index in [0.29, 0.717) is 24.0 Å². The average Bonchev–Trinajstić information content (AvgIpc) is 3.18. The molecule has 1 amide bonds. The normalized spacial score (nSPS) is 34.5. The Hall–Kier alpha value is -0.810. The standard InChI is InChI=1S/C19H34N2O3/c1-19(2,3)24-18(22)21-11-5-4-9-17(21)15-7-6-8-16(15)20-14-10-12-23-13-14/h14-17,20H,4-13H2,1-3H3. The van der Waals surface area contributed by atoms with Crippen molar-refractivity contribution in [1.82, 2.24) is 10.2 Å². The predicted octanol–water partition coefficient (Wildman–Crippen LogP) is 3.32. The molecule has 0 bridgehead atoms. The number of hydrogen-bond donors (Lipinski definition) is 1. The first kappa shape index (κ1) is 18.0. The van der Waals surface area contributed by atoms with Gasteiger partial charge in [-0.05, 0) is 65.2 Å². The van der Waals surface area contributed by atoms with E-state index in [1.165, 1.54) is 25.7 Å². The number of carbonyl (C=O) groups is 1. The Morgan fingerprint density at radius 1 is 1.12 bits per heavy atom. The third-order valence-corrected chi connectivity index (χ3v) is 5.62. The van der Waals surface area contributed by atoms with Crippen LogP contribution in [0, 0.1) is 5.92 Å². The molecule has 1 N–H and O–H groups in total. The van der Waals surface area contributed by atoms with E-state index in [4.69, 9.17) is 9.47 Å². The Morgan fingerprint density at radius 2 is 1.96 bits per heavy atom. The first-order valence-corrected chi connectivity index (χ1v) is 9.77. The van der Waals surface area contributed by atoms with Gasteiger partial charge in [0.25, 0.3) is 0 Å². The van der Waals surface area contributed by atoms with E-state index >= 15 is 0 Å². The van der Waals surface area contributed by atoms with Crippen LogP contribution in [-0.4, -0.2) is 54.5 Å². The summed E-state index contributed by atoms with van der Waals surface area (Å²) in [5.74, 6) is 0.554. The van der Waals surface area contributed by atoms with Crippen molar-refractivity contribution >= 4 is 6.09 Å². The zero-order valence-electron chi connectivity index (χ0n) is 15.6. The summed E-state index contributed by atoms with van der Waals surface area (Å²) < 4.78 is 11.2. The second-order valence-corrected chi connectivity index (χ2v) is 8.67. The molecule has 5 heteroatoms. The molecule has 24 heavy (non-hydrogen) atoms. The fourth-order valence-electron chi connectivity index (χ4n) is 4.57. The van der Waals surface area contributed by atoms with Crippen LogP contribution in [0.25, 0.3) is 0 Å². The molecule has 2 heterocycles. The number of hydrogen-bond acceptors (Lipinski definition) is 4. The number of ether oxygens (including phenoxy) is 2. The Labute approximate surface area is 146 Å². The number of amides is 1. The molecule has 138 valence electrons. The first-order chi connectivity index (χ1) is 11.4. The number of likely N-dealkylation sites (tertiary alicyclic amines) is 1. The monoisotopic (exact) mass is 338 g/mol. The summed E-state index contributed by atoms with van der Waals surface area (Å²) in [6, 6.07) is 1.34. The Bertz CT molecular complexity index is 429. The molecule has 3 fully saturated rings. The van der Waals surface area contributed by atoms with Gasteiger partial charge in [0.15, 0.2) is 0 Å². The van der Waals surface area contributed by atoms with Crippen LogP contribution < -0.4 is 5.32 Å². The Morgan fingerprint density at radius 3 is 2.67 bits per heavy atom. The molecule has 5 nitrogen and oxygen atoms in total. The van der Waals surface area contributed by atoms with Crippen molar-refractivity contribution in [1.29, 1.82) is 0 Å². The van der Waals surface area contributed by atoms with Crippen molar-refractivity contribution in [2.45, 2.75) is 89.4 Å². The SMILES string of the molecule is CC(C)(C)OC(=O)N1CCCCC1C1CCCC1NC1CCOC1. The molecule has 4 unspecified atom stereocenters. The lowest BCUT2D eigenvalue weighted by molar-refractivity contribution is -0.000417. The number of nitrogens with zero attached hydrogens (tertiary/aromatic N) is 1. The molecule has 3 aliphatic rings. The van der Waals surface area contributed by atoms with E-state index in [9.17, 15) is 4.79 Å². The zero-order valence-corrected chi connectivity index (χ0v) is 15.6. The molecule has 3 rings (SSSR count). The van der Waals surface area contributed by atoms with Crippen LogP contribution in [0.5, 0.6) is 0 Å². The van der Waals surface area contributed by atoms with Gasteiger partial charge in [0.05, 0.1) is 6.61 Å². The molecule has 1 aliphatic carbocycles. The summed E-state index contributed by atoms with van der Waals surface area (Å²) in [7, 11) is 0. The maximum absolute atomic E-state index is 12.7. The quantitative estimate of drug-likeness (QED) is 0.858. The van der Waals surface area contributed by atoms with Gasteiger partial charge in [0.2, 0.25) is 0 Å². The topological polar surface area (TPSA) is 50.8 Å². The average molecular weight is 338 g/mol. The van der Waals surface area contributed by atoms with Crippen molar-refractivity contribution in [2.24, 2.45) is 5.92 Å². The maximum Gasteiger partial charge on any atom is 0.410 e. The summed E-state index contributed by atoms with van der Waals surface area (Å²) in [5, 5.41) is 3.83. The fraction of sp³-hybridized carbons (Fsp3) is 0.947. The highest BCUT2D eigenvalue weighted by Crippen LogP contribution is 2.36. The van der Waals surface area contributed by atoms with Gasteiger partial charge in [-0.3, -0.25) is 0 Å². The minimum absolute atomic E-state index is 0.123. The smallest absolute Gasteiger partial charge is 0.410 e. The summed E-state index contributed by atoms with van der Waals surface area (Å²) >= 11 is 0. The van der Waals surface area contributed by atoms with Crippen molar-refractivity contribution in [3.8, 4) is 0 Å². The molecule has 0 spiro atoms.